The zero-order valence-electron chi connectivity index (χ0n) is 12.0. The van der Waals surface area contributed by atoms with Gasteiger partial charge in [0.2, 0.25) is 5.91 Å². The van der Waals surface area contributed by atoms with Crippen molar-refractivity contribution in [2.75, 3.05) is 0 Å². The second kappa shape index (κ2) is 6.79. The van der Waals surface area contributed by atoms with Crippen molar-refractivity contribution in [1.29, 1.82) is 0 Å². The first-order chi connectivity index (χ1) is 9.84. The summed E-state index contributed by atoms with van der Waals surface area (Å²) >= 11 is 0. The van der Waals surface area contributed by atoms with E-state index in [9.17, 15) is 13.2 Å². The molecule has 0 heterocycles. The van der Waals surface area contributed by atoms with Crippen molar-refractivity contribution in [3.8, 4) is 0 Å². The minimum Gasteiger partial charge on any atom is -0.353 e. The molecule has 0 aromatic heterocycles. The summed E-state index contributed by atoms with van der Waals surface area (Å²) in [5, 5.41) is 3.06. The van der Waals surface area contributed by atoms with E-state index in [1.54, 1.807) is 12.1 Å². The molecule has 21 heavy (non-hydrogen) atoms. The molecule has 4 nitrogen and oxygen atoms in total. The maximum absolute atomic E-state index is 11.9. The van der Waals surface area contributed by atoms with E-state index in [-0.39, 0.29) is 10.8 Å². The van der Waals surface area contributed by atoms with Crippen molar-refractivity contribution in [3.05, 3.63) is 29.8 Å². The largest absolute Gasteiger partial charge is 0.353 e. The summed E-state index contributed by atoms with van der Waals surface area (Å²) in [5.74, 6) is 0.753. The zero-order valence-corrected chi connectivity index (χ0v) is 13.6. The smallest absolute Gasteiger partial charge is 0.261 e. The van der Waals surface area contributed by atoms with Crippen LogP contribution in [-0.2, 0) is 20.3 Å². The molecule has 0 bridgehead atoms. The number of hydrogen-bond donors (Lipinski definition) is 1. The van der Waals surface area contributed by atoms with Crippen LogP contribution in [0.5, 0.6) is 0 Å². The molecular formula is C15H20ClNO3S. The van der Waals surface area contributed by atoms with Crippen molar-refractivity contribution in [2.45, 2.75) is 50.0 Å². The highest BCUT2D eigenvalue weighted by Crippen LogP contribution is 2.24. The molecule has 0 radical (unpaired) electrons. The number of carbonyl (C=O) groups is 1. The molecule has 1 aromatic rings. The molecule has 0 saturated heterocycles. The lowest BCUT2D eigenvalue weighted by atomic mass is 10.1. The van der Waals surface area contributed by atoms with E-state index >= 15 is 0 Å². The summed E-state index contributed by atoms with van der Waals surface area (Å²) in [7, 11) is 1.57. The van der Waals surface area contributed by atoms with Gasteiger partial charge in [-0.25, -0.2) is 8.42 Å². The van der Waals surface area contributed by atoms with Crippen molar-refractivity contribution in [3.63, 3.8) is 0 Å². The number of aryl methyl sites for hydroxylation is 1. The van der Waals surface area contributed by atoms with Gasteiger partial charge in [0, 0.05) is 23.1 Å². The molecule has 1 N–H and O–H groups in total. The molecule has 2 atom stereocenters. The molecule has 1 fully saturated rings. The van der Waals surface area contributed by atoms with Gasteiger partial charge in [0.15, 0.2) is 0 Å². The monoisotopic (exact) mass is 329 g/mol. The van der Waals surface area contributed by atoms with Crippen molar-refractivity contribution in [1.82, 2.24) is 5.32 Å². The molecule has 1 aliphatic rings. The van der Waals surface area contributed by atoms with E-state index in [0.29, 0.717) is 24.8 Å². The molecule has 6 heteroatoms. The van der Waals surface area contributed by atoms with E-state index in [0.717, 1.165) is 18.4 Å². The fourth-order valence-corrected chi connectivity index (χ4v) is 3.48. The Kier molecular flexibility index (Phi) is 5.27. The number of halogens is 1. The van der Waals surface area contributed by atoms with E-state index < -0.39 is 9.05 Å². The zero-order chi connectivity index (χ0) is 15.5. The first-order valence-corrected chi connectivity index (χ1v) is 9.48. The minimum atomic E-state index is -3.68. The Morgan fingerprint density at radius 3 is 2.48 bits per heavy atom. The molecule has 2 rings (SSSR count). The molecule has 0 aliphatic heterocycles. The lowest BCUT2D eigenvalue weighted by Gasteiger charge is -2.12. The maximum Gasteiger partial charge on any atom is 0.261 e. The number of benzene rings is 1. The molecule has 2 unspecified atom stereocenters. The Hall–Kier alpha value is -1.07. The summed E-state index contributed by atoms with van der Waals surface area (Å²) in [6.07, 6.45) is 4.32. The highest BCUT2D eigenvalue weighted by Gasteiger charge is 2.22. The number of nitrogens with one attached hydrogen (secondary N) is 1. The highest BCUT2D eigenvalue weighted by molar-refractivity contribution is 8.13. The fraction of sp³-hybridized carbons (Fsp3) is 0.533. The molecule has 1 aliphatic carbocycles. The van der Waals surface area contributed by atoms with Gasteiger partial charge in [0.1, 0.15) is 0 Å². The average Bonchev–Trinajstić information content (AvgIpc) is 2.81. The first kappa shape index (κ1) is 16.3. The van der Waals surface area contributed by atoms with Gasteiger partial charge in [-0.1, -0.05) is 19.1 Å². The van der Waals surface area contributed by atoms with Gasteiger partial charge >= 0.3 is 0 Å². The minimum absolute atomic E-state index is 0.0585. The Bertz CT molecular complexity index is 598. The van der Waals surface area contributed by atoms with E-state index in [1.165, 1.54) is 18.6 Å². The van der Waals surface area contributed by atoms with Crippen LogP contribution < -0.4 is 5.32 Å². The van der Waals surface area contributed by atoms with Crippen LogP contribution in [0.3, 0.4) is 0 Å². The van der Waals surface area contributed by atoms with Gasteiger partial charge in [-0.05, 0) is 49.3 Å². The summed E-state index contributed by atoms with van der Waals surface area (Å²) in [4.78, 5) is 12.0. The summed E-state index contributed by atoms with van der Waals surface area (Å²) in [5.41, 5.74) is 0.925. The van der Waals surface area contributed by atoms with Gasteiger partial charge in [-0.15, -0.1) is 0 Å². The second-order valence-corrected chi connectivity index (χ2v) is 8.33. The fourth-order valence-electron chi connectivity index (χ4n) is 2.71. The predicted molar refractivity (Wildman–Crippen MR) is 82.7 cm³/mol. The van der Waals surface area contributed by atoms with Gasteiger partial charge in [-0.2, -0.15) is 0 Å². The van der Waals surface area contributed by atoms with Crippen LogP contribution in [-0.4, -0.2) is 20.4 Å². The Balaban J connectivity index is 1.81. The van der Waals surface area contributed by atoms with Gasteiger partial charge < -0.3 is 5.32 Å². The van der Waals surface area contributed by atoms with Crippen molar-refractivity contribution >= 4 is 25.6 Å². The molecular weight excluding hydrogens is 310 g/mol. The third-order valence-corrected chi connectivity index (χ3v) is 5.28. The number of rotatable bonds is 5. The lowest BCUT2D eigenvalue weighted by molar-refractivity contribution is -0.121. The van der Waals surface area contributed by atoms with Crippen molar-refractivity contribution in [2.24, 2.45) is 5.92 Å². The number of hydrogen-bond acceptors (Lipinski definition) is 3. The summed E-state index contributed by atoms with van der Waals surface area (Å²) < 4.78 is 22.3. The molecule has 116 valence electrons. The van der Waals surface area contributed by atoms with Gasteiger partial charge in [0.05, 0.1) is 4.90 Å². The summed E-state index contributed by atoms with van der Waals surface area (Å²) in [6.45, 7) is 2.21. The molecule has 1 aromatic carbocycles. The van der Waals surface area contributed by atoms with Crippen molar-refractivity contribution < 1.29 is 13.2 Å². The van der Waals surface area contributed by atoms with E-state index in [1.807, 2.05) is 0 Å². The topological polar surface area (TPSA) is 63.2 Å². The van der Waals surface area contributed by atoms with Crippen LogP contribution in [0, 0.1) is 5.92 Å². The highest BCUT2D eigenvalue weighted by atomic mass is 35.7. The Labute approximate surface area is 130 Å². The lowest BCUT2D eigenvalue weighted by Crippen LogP contribution is -2.32. The Morgan fingerprint density at radius 2 is 1.95 bits per heavy atom. The van der Waals surface area contributed by atoms with Gasteiger partial charge in [-0.3, -0.25) is 4.79 Å². The quantitative estimate of drug-likeness (QED) is 0.845. The van der Waals surface area contributed by atoms with Crippen LogP contribution in [0.2, 0.25) is 0 Å². The molecule has 0 spiro atoms. The molecule has 1 saturated carbocycles. The SMILES string of the molecule is CC1CCC(NC(=O)CCc2ccc(S(=O)(=O)Cl)cc2)C1. The second-order valence-electron chi connectivity index (χ2n) is 5.76. The predicted octanol–water partition coefficient (Wildman–Crippen LogP) is 2.85. The number of carbonyl (C=O) groups excluding carboxylic acids is 1. The van der Waals surface area contributed by atoms with Crippen LogP contribution in [0.15, 0.2) is 29.2 Å². The third kappa shape index (κ3) is 5.00. The Morgan fingerprint density at radius 1 is 1.29 bits per heavy atom. The standard InChI is InChI=1S/C15H20ClNO3S/c1-11-2-6-13(10-11)17-15(18)9-5-12-3-7-14(8-4-12)21(16,19)20/h3-4,7-8,11,13H,2,5-6,9-10H2,1H3,(H,17,18). The van der Waals surface area contributed by atoms with Crippen LogP contribution >= 0.6 is 10.7 Å². The summed E-state index contributed by atoms with van der Waals surface area (Å²) in [6, 6.07) is 6.64. The normalized spacial score (nSPS) is 22.2. The van der Waals surface area contributed by atoms with Gasteiger partial charge in [0.25, 0.3) is 9.05 Å². The average molecular weight is 330 g/mol. The van der Waals surface area contributed by atoms with E-state index in [4.69, 9.17) is 10.7 Å². The van der Waals surface area contributed by atoms with E-state index in [2.05, 4.69) is 12.2 Å². The maximum atomic E-state index is 11.9. The molecule has 1 amide bonds. The number of amides is 1. The third-order valence-electron chi connectivity index (χ3n) is 3.91. The van der Waals surface area contributed by atoms with Crippen LogP contribution in [0.1, 0.15) is 38.2 Å². The first-order valence-electron chi connectivity index (χ1n) is 7.17. The van der Waals surface area contributed by atoms with Crippen LogP contribution in [0.25, 0.3) is 0 Å². The van der Waals surface area contributed by atoms with Crippen LogP contribution in [0.4, 0.5) is 0 Å².